The second kappa shape index (κ2) is 2.83. The van der Waals surface area contributed by atoms with Gasteiger partial charge in [0.15, 0.2) is 11.6 Å². The van der Waals surface area contributed by atoms with Crippen LogP contribution in [0.25, 0.3) is 6.08 Å². The van der Waals surface area contributed by atoms with Crippen LogP contribution in [0.1, 0.15) is 24.1 Å². The molecule has 0 amide bonds. The summed E-state index contributed by atoms with van der Waals surface area (Å²) in [5, 5.41) is 3.02. The molecule has 1 aliphatic rings. The molecule has 2 rings (SSSR count). The number of benzene rings is 1. The van der Waals surface area contributed by atoms with E-state index in [-0.39, 0.29) is 6.04 Å². The van der Waals surface area contributed by atoms with Crippen molar-refractivity contribution in [2.75, 3.05) is 0 Å². The molecular weight excluding hydrogens is 172 g/mol. The van der Waals surface area contributed by atoms with Gasteiger partial charge in [-0.2, -0.15) is 0 Å². The molecule has 0 aliphatic carbocycles. The summed E-state index contributed by atoms with van der Waals surface area (Å²) >= 11 is 0. The lowest BCUT2D eigenvalue weighted by Gasteiger charge is -2.19. The summed E-state index contributed by atoms with van der Waals surface area (Å²) in [7, 11) is 0. The Balaban J connectivity index is 2.60. The Bertz CT molecular complexity index is 371. The molecule has 1 unspecified atom stereocenters. The minimum Gasteiger partial charge on any atom is -0.384 e. The van der Waals surface area contributed by atoms with Gasteiger partial charge >= 0.3 is 0 Å². The van der Waals surface area contributed by atoms with Gasteiger partial charge in [-0.25, -0.2) is 8.78 Å². The molecular formula is C10H9F2N. The van der Waals surface area contributed by atoms with E-state index in [2.05, 4.69) is 5.32 Å². The Morgan fingerprint density at radius 2 is 1.92 bits per heavy atom. The molecule has 0 radical (unpaired) electrons. The summed E-state index contributed by atoms with van der Waals surface area (Å²) in [5.41, 5.74) is 1.53. The van der Waals surface area contributed by atoms with Crippen LogP contribution in [0.4, 0.5) is 8.78 Å². The lowest BCUT2D eigenvalue weighted by atomic mass is 9.99. The van der Waals surface area contributed by atoms with Crippen LogP contribution in [-0.2, 0) is 0 Å². The molecule has 0 spiro atoms. The van der Waals surface area contributed by atoms with Crippen molar-refractivity contribution in [3.8, 4) is 0 Å². The van der Waals surface area contributed by atoms with Gasteiger partial charge in [-0.3, -0.25) is 0 Å². The van der Waals surface area contributed by atoms with Gasteiger partial charge in [-0.1, -0.05) is 0 Å². The number of fused-ring (bicyclic) bond motifs is 1. The highest BCUT2D eigenvalue weighted by Crippen LogP contribution is 2.25. The first-order valence-electron chi connectivity index (χ1n) is 4.10. The van der Waals surface area contributed by atoms with Crippen molar-refractivity contribution in [1.82, 2.24) is 5.32 Å². The van der Waals surface area contributed by atoms with Gasteiger partial charge in [-0.15, -0.1) is 0 Å². The van der Waals surface area contributed by atoms with Crippen LogP contribution >= 0.6 is 0 Å². The fraction of sp³-hybridized carbons (Fsp3) is 0.200. The minimum atomic E-state index is -0.794. The molecule has 1 nitrogen and oxygen atoms in total. The summed E-state index contributed by atoms with van der Waals surface area (Å²) < 4.78 is 25.7. The summed E-state index contributed by atoms with van der Waals surface area (Å²) in [6.45, 7) is 1.90. The highest BCUT2D eigenvalue weighted by Gasteiger charge is 2.15. The van der Waals surface area contributed by atoms with Crippen molar-refractivity contribution in [2.24, 2.45) is 0 Å². The maximum atomic E-state index is 12.9. The van der Waals surface area contributed by atoms with Gasteiger partial charge in [0.05, 0.1) is 0 Å². The third-order valence-corrected chi connectivity index (χ3v) is 2.20. The Labute approximate surface area is 75.1 Å². The maximum absolute atomic E-state index is 12.9. The quantitative estimate of drug-likeness (QED) is 0.648. The van der Waals surface area contributed by atoms with Crippen LogP contribution in [0.15, 0.2) is 18.3 Å². The first-order valence-corrected chi connectivity index (χ1v) is 4.10. The molecule has 0 fully saturated rings. The first-order chi connectivity index (χ1) is 6.18. The van der Waals surface area contributed by atoms with Crippen LogP contribution in [0.3, 0.4) is 0 Å². The second-order valence-corrected chi connectivity index (χ2v) is 3.12. The number of nitrogens with one attached hydrogen (secondary N) is 1. The Morgan fingerprint density at radius 3 is 2.69 bits per heavy atom. The molecule has 1 aromatic carbocycles. The van der Waals surface area contributed by atoms with E-state index in [9.17, 15) is 8.78 Å². The molecule has 13 heavy (non-hydrogen) atoms. The Hall–Kier alpha value is -1.38. The number of halogens is 2. The summed E-state index contributed by atoms with van der Waals surface area (Å²) in [5.74, 6) is -1.58. The van der Waals surface area contributed by atoms with E-state index in [4.69, 9.17) is 0 Å². The van der Waals surface area contributed by atoms with Gasteiger partial charge in [0.1, 0.15) is 0 Å². The van der Waals surface area contributed by atoms with Gasteiger partial charge in [0.25, 0.3) is 0 Å². The topological polar surface area (TPSA) is 12.0 Å². The molecule has 1 aromatic rings. The van der Waals surface area contributed by atoms with E-state index < -0.39 is 11.6 Å². The van der Waals surface area contributed by atoms with Crippen LogP contribution in [0, 0.1) is 11.6 Å². The molecule has 1 N–H and O–H groups in total. The second-order valence-electron chi connectivity index (χ2n) is 3.12. The average molecular weight is 181 g/mol. The Kier molecular flexibility index (Phi) is 1.79. The minimum absolute atomic E-state index is 0.0371. The van der Waals surface area contributed by atoms with Crippen molar-refractivity contribution in [1.29, 1.82) is 0 Å². The van der Waals surface area contributed by atoms with Gasteiger partial charge < -0.3 is 5.32 Å². The summed E-state index contributed by atoms with van der Waals surface area (Å²) in [6.07, 6.45) is 3.47. The molecule has 68 valence electrons. The molecule has 1 aliphatic heterocycles. The van der Waals surface area contributed by atoms with E-state index >= 15 is 0 Å². The van der Waals surface area contributed by atoms with Crippen LogP contribution < -0.4 is 5.32 Å². The molecule has 0 bridgehead atoms. The van der Waals surface area contributed by atoms with E-state index in [1.807, 2.05) is 6.92 Å². The van der Waals surface area contributed by atoms with Gasteiger partial charge in [0.2, 0.25) is 0 Å². The third-order valence-electron chi connectivity index (χ3n) is 2.20. The van der Waals surface area contributed by atoms with Crippen LogP contribution in [0.2, 0.25) is 0 Å². The van der Waals surface area contributed by atoms with E-state index in [1.165, 1.54) is 12.1 Å². The molecule has 0 saturated carbocycles. The van der Waals surface area contributed by atoms with E-state index in [0.717, 1.165) is 11.1 Å². The van der Waals surface area contributed by atoms with E-state index in [0.29, 0.717) is 0 Å². The molecule has 0 aromatic heterocycles. The van der Waals surface area contributed by atoms with Crippen molar-refractivity contribution < 1.29 is 8.78 Å². The number of rotatable bonds is 0. The Morgan fingerprint density at radius 1 is 1.23 bits per heavy atom. The fourth-order valence-electron chi connectivity index (χ4n) is 1.47. The first kappa shape index (κ1) is 8.23. The lowest BCUT2D eigenvalue weighted by molar-refractivity contribution is 0.503. The standard InChI is InChI=1S/C10H9F2N/c1-6-8-5-10(12)9(11)4-7(8)2-3-13-6/h2-6,13H,1H3. The van der Waals surface area contributed by atoms with Crippen molar-refractivity contribution in [3.05, 3.63) is 41.1 Å². The third kappa shape index (κ3) is 1.30. The monoisotopic (exact) mass is 181 g/mol. The largest absolute Gasteiger partial charge is 0.384 e. The molecule has 3 heteroatoms. The lowest BCUT2D eigenvalue weighted by Crippen LogP contribution is -2.16. The highest BCUT2D eigenvalue weighted by molar-refractivity contribution is 5.57. The SMILES string of the molecule is CC1NC=Cc2cc(F)c(F)cc21. The zero-order valence-electron chi connectivity index (χ0n) is 7.14. The number of hydrogen-bond acceptors (Lipinski definition) is 1. The molecule has 1 heterocycles. The van der Waals surface area contributed by atoms with E-state index in [1.54, 1.807) is 12.3 Å². The van der Waals surface area contributed by atoms with Crippen molar-refractivity contribution in [2.45, 2.75) is 13.0 Å². The maximum Gasteiger partial charge on any atom is 0.159 e. The van der Waals surface area contributed by atoms with Crippen molar-refractivity contribution >= 4 is 6.08 Å². The average Bonchev–Trinajstić information content (AvgIpc) is 2.09. The molecule has 0 saturated heterocycles. The van der Waals surface area contributed by atoms with Crippen molar-refractivity contribution in [3.63, 3.8) is 0 Å². The predicted octanol–water partition coefficient (Wildman–Crippen LogP) is 2.60. The molecule has 1 atom stereocenters. The zero-order valence-corrected chi connectivity index (χ0v) is 7.14. The van der Waals surface area contributed by atoms with Crippen LogP contribution in [-0.4, -0.2) is 0 Å². The summed E-state index contributed by atoms with van der Waals surface area (Å²) in [4.78, 5) is 0. The number of hydrogen-bond donors (Lipinski definition) is 1. The predicted molar refractivity (Wildman–Crippen MR) is 46.9 cm³/mol. The highest BCUT2D eigenvalue weighted by atomic mass is 19.2. The normalized spacial score (nSPS) is 19.5. The van der Waals surface area contributed by atoms with Gasteiger partial charge in [0, 0.05) is 6.04 Å². The smallest absolute Gasteiger partial charge is 0.159 e. The summed E-state index contributed by atoms with van der Waals surface area (Å²) in [6, 6.07) is 2.50. The zero-order chi connectivity index (χ0) is 9.42. The van der Waals surface area contributed by atoms with Crippen LogP contribution in [0.5, 0.6) is 0 Å². The fourth-order valence-corrected chi connectivity index (χ4v) is 1.47. The van der Waals surface area contributed by atoms with Gasteiger partial charge in [-0.05, 0) is 42.5 Å².